The molecule has 3 N–H and O–H groups in total. The van der Waals surface area contributed by atoms with Gasteiger partial charge < -0.3 is 20.3 Å². The molecule has 0 saturated heterocycles. The number of carbonyl (C=O) groups excluding carboxylic acids is 1. The lowest BCUT2D eigenvalue weighted by Crippen LogP contribution is -2.41. The van der Waals surface area contributed by atoms with Gasteiger partial charge in [-0.3, -0.25) is 4.79 Å². The highest BCUT2D eigenvalue weighted by Gasteiger charge is 2.36. The minimum Gasteiger partial charge on any atom is -0.508 e. The van der Waals surface area contributed by atoms with Gasteiger partial charge in [-0.05, 0) is 61.1 Å². The quantitative estimate of drug-likeness (QED) is 0.790. The highest BCUT2D eigenvalue weighted by Crippen LogP contribution is 2.40. The maximum absolute atomic E-state index is 12.9. The van der Waals surface area contributed by atoms with Crippen molar-refractivity contribution in [1.29, 1.82) is 0 Å². The number of hydrogen-bond acceptors (Lipinski definition) is 4. The first-order valence-corrected chi connectivity index (χ1v) is 9.06. The van der Waals surface area contributed by atoms with Crippen LogP contribution in [0.15, 0.2) is 36.4 Å². The van der Waals surface area contributed by atoms with Crippen molar-refractivity contribution in [3.8, 4) is 11.5 Å². The number of phenols is 1. The molecule has 1 fully saturated rings. The Balaban J connectivity index is 1.62. The maximum Gasteiger partial charge on any atom is 0.252 e. The predicted octanol–water partition coefficient (Wildman–Crippen LogP) is 2.88. The molecule has 2 aromatic carbocycles. The van der Waals surface area contributed by atoms with E-state index in [-0.39, 0.29) is 29.7 Å². The first-order valence-electron chi connectivity index (χ1n) is 9.06. The third-order valence-electron chi connectivity index (χ3n) is 5.53. The number of rotatable bonds is 4. The van der Waals surface area contributed by atoms with E-state index in [2.05, 4.69) is 11.4 Å². The molecule has 1 saturated carbocycles. The minimum absolute atomic E-state index is 0.114. The lowest BCUT2D eigenvalue weighted by atomic mass is 9.74. The number of phenolic OH excluding ortho intramolecular Hbond substituents is 1. The molecule has 1 amide bonds. The Morgan fingerprint density at radius 1 is 1.27 bits per heavy atom. The number of benzene rings is 2. The molecule has 1 heterocycles. The van der Waals surface area contributed by atoms with Crippen LogP contribution in [-0.2, 0) is 6.42 Å². The van der Waals surface area contributed by atoms with Gasteiger partial charge in [0.25, 0.3) is 5.91 Å². The third-order valence-corrected chi connectivity index (χ3v) is 5.53. The highest BCUT2D eigenvalue weighted by atomic mass is 16.5. The van der Waals surface area contributed by atoms with Crippen molar-refractivity contribution < 1.29 is 19.7 Å². The number of nitrogens with one attached hydrogen (secondary N) is 1. The zero-order valence-electron chi connectivity index (χ0n) is 14.7. The van der Waals surface area contributed by atoms with Crippen molar-refractivity contribution in [2.24, 2.45) is 5.92 Å². The predicted molar refractivity (Wildman–Crippen MR) is 97.4 cm³/mol. The van der Waals surface area contributed by atoms with Crippen LogP contribution in [0.25, 0.3) is 0 Å². The topological polar surface area (TPSA) is 78.8 Å². The smallest absolute Gasteiger partial charge is 0.252 e. The standard InChI is InChI=1S/C21H23NO4/c1-12-17(3-2-4-18(12)24)21(25)22-20(15-10-16(23)11-15)14-5-6-19-13(9-14)7-8-26-19/h2-6,9,15-16,20,23-24H,7-8,10-11H2,1H3,(H,22,25)/t15?,16?,20-/m0/s1. The van der Waals surface area contributed by atoms with Gasteiger partial charge in [0.05, 0.1) is 18.8 Å². The number of aromatic hydroxyl groups is 1. The number of hydrogen-bond donors (Lipinski definition) is 3. The van der Waals surface area contributed by atoms with Crippen molar-refractivity contribution in [1.82, 2.24) is 5.32 Å². The largest absolute Gasteiger partial charge is 0.508 e. The Kier molecular flexibility index (Phi) is 4.32. The van der Waals surface area contributed by atoms with E-state index in [4.69, 9.17) is 4.74 Å². The summed E-state index contributed by atoms with van der Waals surface area (Å²) >= 11 is 0. The summed E-state index contributed by atoms with van der Waals surface area (Å²) in [4.78, 5) is 12.9. The minimum atomic E-state index is -0.292. The molecule has 5 heteroatoms. The first-order chi connectivity index (χ1) is 12.5. The van der Waals surface area contributed by atoms with Gasteiger partial charge in [0, 0.05) is 17.5 Å². The lowest BCUT2D eigenvalue weighted by Gasteiger charge is -2.38. The summed E-state index contributed by atoms with van der Waals surface area (Å²) in [6, 6.07) is 10.9. The Morgan fingerprint density at radius 2 is 2.08 bits per heavy atom. The van der Waals surface area contributed by atoms with Gasteiger partial charge in [-0.1, -0.05) is 12.1 Å². The molecular weight excluding hydrogens is 330 g/mol. The van der Waals surface area contributed by atoms with Crippen LogP contribution in [0, 0.1) is 12.8 Å². The Hall–Kier alpha value is -2.53. The molecular formula is C21H23NO4. The molecule has 1 aliphatic heterocycles. The van der Waals surface area contributed by atoms with Crippen molar-refractivity contribution >= 4 is 5.91 Å². The van der Waals surface area contributed by atoms with Gasteiger partial charge in [0.15, 0.2) is 0 Å². The van der Waals surface area contributed by atoms with E-state index >= 15 is 0 Å². The van der Waals surface area contributed by atoms with E-state index in [1.165, 1.54) is 0 Å². The van der Waals surface area contributed by atoms with Crippen LogP contribution < -0.4 is 10.1 Å². The van der Waals surface area contributed by atoms with Crippen LogP contribution in [0.4, 0.5) is 0 Å². The van der Waals surface area contributed by atoms with E-state index in [1.54, 1.807) is 25.1 Å². The molecule has 4 rings (SSSR count). The van der Waals surface area contributed by atoms with E-state index in [0.717, 1.165) is 23.3 Å². The summed E-state index contributed by atoms with van der Waals surface area (Å²) < 4.78 is 5.58. The second-order valence-corrected chi connectivity index (χ2v) is 7.25. The van der Waals surface area contributed by atoms with Crippen LogP contribution >= 0.6 is 0 Å². The van der Waals surface area contributed by atoms with Crippen LogP contribution in [0.5, 0.6) is 11.5 Å². The number of aliphatic hydroxyl groups is 1. The van der Waals surface area contributed by atoms with Gasteiger partial charge >= 0.3 is 0 Å². The van der Waals surface area contributed by atoms with Gasteiger partial charge in [-0.2, -0.15) is 0 Å². The molecule has 0 unspecified atom stereocenters. The summed E-state index contributed by atoms with van der Waals surface area (Å²) in [5.41, 5.74) is 3.24. The highest BCUT2D eigenvalue weighted by molar-refractivity contribution is 5.96. The summed E-state index contributed by atoms with van der Waals surface area (Å²) in [5.74, 6) is 1.02. The second-order valence-electron chi connectivity index (χ2n) is 7.25. The fraction of sp³-hybridized carbons (Fsp3) is 0.381. The fourth-order valence-corrected chi connectivity index (χ4v) is 3.86. The molecule has 2 aromatic rings. The van der Waals surface area contributed by atoms with E-state index in [0.29, 0.717) is 30.6 Å². The van der Waals surface area contributed by atoms with Crippen LogP contribution in [0.2, 0.25) is 0 Å². The maximum atomic E-state index is 12.9. The molecule has 136 valence electrons. The van der Waals surface area contributed by atoms with Crippen LogP contribution in [-0.4, -0.2) is 28.8 Å². The normalized spacial score (nSPS) is 22.1. The molecule has 0 spiro atoms. The van der Waals surface area contributed by atoms with Crippen LogP contribution in [0.1, 0.15) is 45.9 Å². The zero-order valence-corrected chi connectivity index (χ0v) is 14.7. The van der Waals surface area contributed by atoms with Crippen molar-refractivity contribution in [3.05, 3.63) is 58.7 Å². The van der Waals surface area contributed by atoms with E-state index in [9.17, 15) is 15.0 Å². The first kappa shape index (κ1) is 16.9. The summed E-state index contributed by atoms with van der Waals surface area (Å²) in [6.45, 7) is 2.43. The van der Waals surface area contributed by atoms with Crippen molar-refractivity contribution in [3.63, 3.8) is 0 Å². The van der Waals surface area contributed by atoms with E-state index in [1.807, 2.05) is 12.1 Å². The van der Waals surface area contributed by atoms with Gasteiger partial charge in [-0.25, -0.2) is 0 Å². The molecule has 2 aliphatic rings. The lowest BCUT2D eigenvalue weighted by molar-refractivity contribution is 0.0235. The van der Waals surface area contributed by atoms with Gasteiger partial charge in [0.2, 0.25) is 0 Å². The number of fused-ring (bicyclic) bond motifs is 1. The third kappa shape index (κ3) is 3.03. The molecule has 0 radical (unpaired) electrons. The fourth-order valence-electron chi connectivity index (χ4n) is 3.86. The van der Waals surface area contributed by atoms with Crippen molar-refractivity contribution in [2.75, 3.05) is 6.61 Å². The summed E-state index contributed by atoms with van der Waals surface area (Å²) in [5, 5.41) is 22.7. The average molecular weight is 353 g/mol. The number of aliphatic hydroxyl groups excluding tert-OH is 1. The zero-order chi connectivity index (χ0) is 18.3. The molecule has 1 aliphatic carbocycles. The number of carbonyl (C=O) groups is 1. The SMILES string of the molecule is Cc1c(O)cccc1C(=O)N[C@@H](c1ccc2c(c1)CCO2)C1CC(O)C1. The van der Waals surface area contributed by atoms with Crippen LogP contribution in [0.3, 0.4) is 0 Å². The second kappa shape index (κ2) is 6.65. The average Bonchev–Trinajstić information content (AvgIpc) is 3.07. The molecule has 26 heavy (non-hydrogen) atoms. The molecule has 1 atom stereocenters. The Bertz CT molecular complexity index is 842. The van der Waals surface area contributed by atoms with Crippen molar-refractivity contribution in [2.45, 2.75) is 38.3 Å². The molecule has 0 aromatic heterocycles. The molecule has 0 bridgehead atoms. The summed E-state index contributed by atoms with van der Waals surface area (Å²) in [6.07, 6.45) is 1.94. The van der Waals surface area contributed by atoms with Gasteiger partial charge in [0.1, 0.15) is 11.5 Å². The number of amides is 1. The number of ether oxygens (including phenoxy) is 1. The Labute approximate surface area is 152 Å². The van der Waals surface area contributed by atoms with Gasteiger partial charge in [-0.15, -0.1) is 0 Å². The van der Waals surface area contributed by atoms with E-state index < -0.39 is 0 Å². The summed E-state index contributed by atoms with van der Waals surface area (Å²) in [7, 11) is 0. The monoisotopic (exact) mass is 353 g/mol. The molecule has 5 nitrogen and oxygen atoms in total. The Morgan fingerprint density at radius 3 is 2.85 bits per heavy atom.